The minimum atomic E-state index is -0.435. The van der Waals surface area contributed by atoms with E-state index in [9.17, 15) is 10.1 Å². The van der Waals surface area contributed by atoms with Crippen molar-refractivity contribution < 1.29 is 4.92 Å². The van der Waals surface area contributed by atoms with Crippen molar-refractivity contribution in [3.63, 3.8) is 0 Å². The van der Waals surface area contributed by atoms with Gasteiger partial charge in [-0.3, -0.25) is 10.1 Å². The Hall–Kier alpha value is -1.69. The summed E-state index contributed by atoms with van der Waals surface area (Å²) in [7, 11) is 0. The van der Waals surface area contributed by atoms with Gasteiger partial charge in [-0.05, 0) is 25.3 Å². The van der Waals surface area contributed by atoms with Crippen molar-refractivity contribution in [2.75, 3.05) is 11.9 Å². The largest absolute Gasteiger partial charge is 0.368 e. The third-order valence-electron chi connectivity index (χ3n) is 3.73. The van der Waals surface area contributed by atoms with Gasteiger partial charge in [0.1, 0.15) is 12.0 Å². The van der Waals surface area contributed by atoms with Crippen molar-refractivity contribution in [3.05, 3.63) is 27.9 Å². The van der Waals surface area contributed by atoms with Crippen LogP contribution in [0.5, 0.6) is 0 Å². The first-order chi connectivity index (χ1) is 9.00. The van der Waals surface area contributed by atoms with Crippen molar-refractivity contribution in [1.29, 1.82) is 0 Å². The van der Waals surface area contributed by atoms with Crippen LogP contribution in [0.3, 0.4) is 0 Å². The zero-order chi connectivity index (χ0) is 13.9. The Morgan fingerprint density at radius 1 is 1.47 bits per heavy atom. The standard InChI is InChI=1S/C13H20N4O2/c1-10-7-11(17(18)19)8-15-12(10)16-9-13(14)5-3-2-4-6-13/h7-8H,2-6,9,14H2,1H3,(H,15,16). The van der Waals surface area contributed by atoms with Gasteiger partial charge < -0.3 is 11.1 Å². The fraction of sp³-hybridized carbons (Fsp3) is 0.615. The summed E-state index contributed by atoms with van der Waals surface area (Å²) in [6.45, 7) is 2.48. The molecule has 6 heteroatoms. The second-order valence-corrected chi connectivity index (χ2v) is 5.39. The van der Waals surface area contributed by atoms with Gasteiger partial charge in [0.2, 0.25) is 0 Å². The number of anilines is 1. The molecule has 0 amide bonds. The topological polar surface area (TPSA) is 94.1 Å². The van der Waals surface area contributed by atoms with Crippen molar-refractivity contribution >= 4 is 11.5 Å². The van der Waals surface area contributed by atoms with E-state index in [1.807, 2.05) is 6.92 Å². The molecule has 104 valence electrons. The minimum Gasteiger partial charge on any atom is -0.368 e. The van der Waals surface area contributed by atoms with Gasteiger partial charge in [0.25, 0.3) is 5.69 Å². The van der Waals surface area contributed by atoms with Crippen LogP contribution in [0.2, 0.25) is 0 Å². The SMILES string of the molecule is Cc1cc([N+](=O)[O-])cnc1NCC1(N)CCCCC1. The highest BCUT2D eigenvalue weighted by Crippen LogP contribution is 2.26. The summed E-state index contributed by atoms with van der Waals surface area (Å²) in [4.78, 5) is 14.3. The van der Waals surface area contributed by atoms with Crippen LogP contribution < -0.4 is 11.1 Å². The quantitative estimate of drug-likeness (QED) is 0.643. The van der Waals surface area contributed by atoms with Crippen LogP contribution in [0.25, 0.3) is 0 Å². The smallest absolute Gasteiger partial charge is 0.287 e. The summed E-state index contributed by atoms with van der Waals surface area (Å²) in [6.07, 6.45) is 6.92. The Balaban J connectivity index is 2.01. The number of hydrogen-bond donors (Lipinski definition) is 2. The fourth-order valence-electron chi connectivity index (χ4n) is 2.54. The molecular weight excluding hydrogens is 244 g/mol. The molecule has 0 aromatic carbocycles. The number of aryl methyl sites for hydroxylation is 1. The monoisotopic (exact) mass is 264 g/mol. The van der Waals surface area contributed by atoms with E-state index in [1.54, 1.807) is 0 Å². The number of nitrogens with two attached hydrogens (primary N) is 1. The lowest BCUT2D eigenvalue weighted by atomic mass is 9.82. The summed E-state index contributed by atoms with van der Waals surface area (Å²) in [6, 6.07) is 1.53. The van der Waals surface area contributed by atoms with E-state index in [1.165, 1.54) is 31.5 Å². The maximum Gasteiger partial charge on any atom is 0.287 e. The van der Waals surface area contributed by atoms with Gasteiger partial charge in [-0.1, -0.05) is 19.3 Å². The van der Waals surface area contributed by atoms with E-state index < -0.39 is 4.92 Å². The van der Waals surface area contributed by atoms with Crippen LogP contribution in [0.15, 0.2) is 12.3 Å². The van der Waals surface area contributed by atoms with Gasteiger partial charge in [-0.15, -0.1) is 0 Å². The molecule has 6 nitrogen and oxygen atoms in total. The van der Waals surface area contributed by atoms with Gasteiger partial charge >= 0.3 is 0 Å². The highest BCUT2D eigenvalue weighted by atomic mass is 16.6. The maximum atomic E-state index is 10.6. The highest BCUT2D eigenvalue weighted by Gasteiger charge is 2.27. The van der Waals surface area contributed by atoms with Crippen molar-refractivity contribution in [2.24, 2.45) is 5.73 Å². The number of aromatic nitrogens is 1. The Kier molecular flexibility index (Phi) is 3.99. The molecule has 3 N–H and O–H groups in total. The van der Waals surface area contributed by atoms with E-state index in [4.69, 9.17) is 5.73 Å². The van der Waals surface area contributed by atoms with E-state index in [-0.39, 0.29) is 11.2 Å². The molecule has 0 spiro atoms. The molecule has 2 rings (SSSR count). The van der Waals surface area contributed by atoms with Crippen LogP contribution in [-0.2, 0) is 0 Å². The van der Waals surface area contributed by atoms with Gasteiger partial charge in [0.15, 0.2) is 0 Å². The molecule has 1 aromatic heterocycles. The summed E-state index contributed by atoms with van der Waals surface area (Å²) >= 11 is 0. The molecule has 1 saturated carbocycles. The molecule has 19 heavy (non-hydrogen) atoms. The molecule has 0 bridgehead atoms. The van der Waals surface area contributed by atoms with Crippen molar-refractivity contribution in [3.8, 4) is 0 Å². The predicted octanol–water partition coefficient (Wildman–Crippen LogP) is 2.37. The predicted molar refractivity (Wildman–Crippen MR) is 74.1 cm³/mol. The van der Waals surface area contributed by atoms with Crippen molar-refractivity contribution in [2.45, 2.75) is 44.6 Å². The lowest BCUT2D eigenvalue weighted by Crippen LogP contribution is -2.47. The number of rotatable bonds is 4. The number of nitro groups is 1. The molecule has 1 aromatic rings. The van der Waals surface area contributed by atoms with Gasteiger partial charge in [0.05, 0.1) is 4.92 Å². The van der Waals surface area contributed by atoms with Crippen LogP contribution in [-0.4, -0.2) is 22.0 Å². The van der Waals surface area contributed by atoms with Gasteiger partial charge in [-0.25, -0.2) is 4.98 Å². The third-order valence-corrected chi connectivity index (χ3v) is 3.73. The molecule has 0 aliphatic heterocycles. The van der Waals surface area contributed by atoms with E-state index >= 15 is 0 Å². The van der Waals surface area contributed by atoms with E-state index in [0.717, 1.165) is 18.4 Å². The number of hydrogen-bond acceptors (Lipinski definition) is 5. The molecule has 1 aliphatic rings. The fourth-order valence-corrected chi connectivity index (χ4v) is 2.54. The lowest BCUT2D eigenvalue weighted by molar-refractivity contribution is -0.385. The first-order valence-electron chi connectivity index (χ1n) is 6.64. The lowest BCUT2D eigenvalue weighted by Gasteiger charge is -2.33. The summed E-state index contributed by atoms with van der Waals surface area (Å²) in [5.74, 6) is 0.681. The molecule has 1 heterocycles. The van der Waals surface area contributed by atoms with Crippen molar-refractivity contribution in [1.82, 2.24) is 4.98 Å². The first kappa shape index (κ1) is 13.7. The number of pyridine rings is 1. The average molecular weight is 264 g/mol. The van der Waals surface area contributed by atoms with Gasteiger partial charge in [0, 0.05) is 18.2 Å². The summed E-state index contributed by atoms with van der Waals surface area (Å²) in [5.41, 5.74) is 6.95. The normalized spacial score (nSPS) is 18.0. The van der Waals surface area contributed by atoms with Crippen LogP contribution in [0, 0.1) is 17.0 Å². The zero-order valence-electron chi connectivity index (χ0n) is 11.2. The molecule has 1 aliphatic carbocycles. The Bertz CT molecular complexity index is 470. The second-order valence-electron chi connectivity index (χ2n) is 5.39. The highest BCUT2D eigenvalue weighted by molar-refractivity contribution is 5.48. The number of nitrogens with zero attached hydrogens (tertiary/aromatic N) is 2. The molecular formula is C13H20N4O2. The second kappa shape index (κ2) is 5.52. The number of nitrogens with one attached hydrogen (secondary N) is 1. The molecule has 1 fully saturated rings. The molecule has 0 radical (unpaired) electrons. The first-order valence-corrected chi connectivity index (χ1v) is 6.64. The van der Waals surface area contributed by atoms with Crippen LogP contribution in [0.1, 0.15) is 37.7 Å². The van der Waals surface area contributed by atoms with Gasteiger partial charge in [-0.2, -0.15) is 0 Å². The Morgan fingerprint density at radius 2 is 2.16 bits per heavy atom. The van der Waals surface area contributed by atoms with E-state index in [2.05, 4.69) is 10.3 Å². The zero-order valence-corrected chi connectivity index (χ0v) is 11.2. The minimum absolute atomic E-state index is 0.0168. The maximum absolute atomic E-state index is 10.6. The molecule has 0 atom stereocenters. The summed E-state index contributed by atoms with van der Waals surface area (Å²) in [5, 5.41) is 13.9. The van der Waals surface area contributed by atoms with Crippen LogP contribution >= 0.6 is 0 Å². The Morgan fingerprint density at radius 3 is 2.74 bits per heavy atom. The molecule has 0 unspecified atom stereocenters. The third kappa shape index (κ3) is 3.41. The van der Waals surface area contributed by atoms with Crippen LogP contribution in [0.4, 0.5) is 11.5 Å². The summed E-state index contributed by atoms with van der Waals surface area (Å²) < 4.78 is 0. The Labute approximate surface area is 112 Å². The van der Waals surface area contributed by atoms with E-state index in [0.29, 0.717) is 12.4 Å². The molecule has 0 saturated heterocycles. The average Bonchev–Trinajstić information content (AvgIpc) is 2.38.